The fourth-order valence-electron chi connectivity index (χ4n) is 2.20. The largest absolute Gasteiger partial charge is 0.369 e. The van der Waals surface area contributed by atoms with Gasteiger partial charge in [-0.1, -0.05) is 0 Å². The standard InChI is InChI=1S/C13H13BrFN5/c1-19-4-2-8(18-19)3-5-20-12-7-10(15)9(14)6-11(12)17-13(20)16/h2,4,6-7H,3,5H2,1H3,(H2,16,17). The molecule has 0 saturated carbocycles. The number of benzene rings is 1. The minimum atomic E-state index is -0.323. The van der Waals surface area contributed by atoms with Gasteiger partial charge in [-0.2, -0.15) is 5.10 Å². The minimum Gasteiger partial charge on any atom is -0.369 e. The van der Waals surface area contributed by atoms with Crippen LogP contribution in [-0.2, 0) is 20.0 Å². The van der Waals surface area contributed by atoms with Crippen LogP contribution in [0.3, 0.4) is 0 Å². The Morgan fingerprint density at radius 3 is 2.90 bits per heavy atom. The van der Waals surface area contributed by atoms with Crippen LogP contribution in [0, 0.1) is 5.82 Å². The number of imidazole rings is 1. The predicted molar refractivity (Wildman–Crippen MR) is 78.7 cm³/mol. The lowest BCUT2D eigenvalue weighted by Crippen LogP contribution is -2.06. The van der Waals surface area contributed by atoms with Crippen LogP contribution in [0.1, 0.15) is 5.69 Å². The van der Waals surface area contributed by atoms with Crippen LogP contribution in [0.15, 0.2) is 28.9 Å². The third kappa shape index (κ3) is 2.29. The van der Waals surface area contributed by atoms with E-state index >= 15 is 0 Å². The Bertz CT molecular complexity index is 777. The first-order valence-corrected chi connectivity index (χ1v) is 6.93. The van der Waals surface area contributed by atoms with E-state index in [9.17, 15) is 4.39 Å². The lowest BCUT2D eigenvalue weighted by molar-refractivity contribution is 0.620. The molecule has 7 heteroatoms. The highest BCUT2D eigenvalue weighted by Gasteiger charge is 2.12. The van der Waals surface area contributed by atoms with Gasteiger partial charge in [0.15, 0.2) is 0 Å². The predicted octanol–water partition coefficient (Wildman–Crippen LogP) is 2.50. The van der Waals surface area contributed by atoms with Gasteiger partial charge in [-0.05, 0) is 28.1 Å². The minimum absolute atomic E-state index is 0.323. The Hall–Kier alpha value is -1.89. The molecule has 2 heterocycles. The second-order valence-electron chi connectivity index (χ2n) is 4.61. The highest BCUT2D eigenvalue weighted by Crippen LogP contribution is 2.25. The Morgan fingerprint density at radius 1 is 1.40 bits per heavy atom. The number of rotatable bonds is 3. The van der Waals surface area contributed by atoms with Gasteiger partial charge in [0.1, 0.15) is 5.82 Å². The molecule has 20 heavy (non-hydrogen) atoms. The Kier molecular flexibility index (Phi) is 3.21. The molecular weight excluding hydrogens is 325 g/mol. The molecule has 1 aromatic carbocycles. The number of hydrogen-bond acceptors (Lipinski definition) is 3. The number of fused-ring (bicyclic) bond motifs is 1. The maximum Gasteiger partial charge on any atom is 0.201 e. The highest BCUT2D eigenvalue weighted by molar-refractivity contribution is 9.10. The molecule has 0 atom stereocenters. The van der Waals surface area contributed by atoms with E-state index in [0.717, 1.165) is 5.69 Å². The zero-order valence-electron chi connectivity index (χ0n) is 10.8. The van der Waals surface area contributed by atoms with E-state index in [1.165, 1.54) is 6.07 Å². The summed E-state index contributed by atoms with van der Waals surface area (Å²) in [5, 5.41) is 4.31. The van der Waals surface area contributed by atoms with Crippen molar-refractivity contribution in [2.45, 2.75) is 13.0 Å². The maximum atomic E-state index is 13.7. The zero-order chi connectivity index (χ0) is 14.3. The smallest absolute Gasteiger partial charge is 0.201 e. The monoisotopic (exact) mass is 337 g/mol. The molecule has 0 amide bonds. The molecule has 0 saturated heterocycles. The first-order valence-electron chi connectivity index (χ1n) is 6.14. The van der Waals surface area contributed by atoms with Crippen molar-refractivity contribution in [2.75, 3.05) is 5.73 Å². The summed E-state index contributed by atoms with van der Waals surface area (Å²) in [4.78, 5) is 4.25. The molecule has 104 valence electrons. The summed E-state index contributed by atoms with van der Waals surface area (Å²) in [5.74, 6) is 0.0601. The van der Waals surface area contributed by atoms with Crippen molar-refractivity contribution in [1.82, 2.24) is 19.3 Å². The van der Waals surface area contributed by atoms with E-state index in [-0.39, 0.29) is 5.82 Å². The van der Waals surface area contributed by atoms with E-state index in [0.29, 0.717) is 34.4 Å². The quantitative estimate of drug-likeness (QED) is 0.798. The zero-order valence-corrected chi connectivity index (χ0v) is 12.4. The highest BCUT2D eigenvalue weighted by atomic mass is 79.9. The van der Waals surface area contributed by atoms with Gasteiger partial charge >= 0.3 is 0 Å². The van der Waals surface area contributed by atoms with Crippen molar-refractivity contribution in [1.29, 1.82) is 0 Å². The number of anilines is 1. The molecule has 0 unspecified atom stereocenters. The molecule has 0 aliphatic rings. The molecule has 0 bridgehead atoms. The molecule has 0 radical (unpaired) electrons. The van der Waals surface area contributed by atoms with Gasteiger partial charge in [0.25, 0.3) is 0 Å². The second-order valence-corrected chi connectivity index (χ2v) is 5.46. The SMILES string of the molecule is Cn1ccc(CCn2c(N)nc3cc(Br)c(F)cc32)n1. The van der Waals surface area contributed by atoms with Gasteiger partial charge < -0.3 is 10.3 Å². The third-order valence-electron chi connectivity index (χ3n) is 3.18. The fraction of sp³-hybridized carbons (Fsp3) is 0.231. The molecular formula is C13H13BrFN5. The first kappa shape index (κ1) is 13.1. The maximum absolute atomic E-state index is 13.7. The molecule has 0 aliphatic carbocycles. The van der Waals surface area contributed by atoms with Crippen LogP contribution in [0.2, 0.25) is 0 Å². The molecule has 5 nitrogen and oxygen atoms in total. The number of halogens is 2. The van der Waals surface area contributed by atoms with Crippen molar-refractivity contribution in [3.8, 4) is 0 Å². The second kappa shape index (κ2) is 4.90. The van der Waals surface area contributed by atoms with Gasteiger partial charge in [0.05, 0.1) is 21.2 Å². The number of nitrogens with two attached hydrogens (primary N) is 1. The average molecular weight is 338 g/mol. The summed E-state index contributed by atoms with van der Waals surface area (Å²) in [6.45, 7) is 0.612. The summed E-state index contributed by atoms with van der Waals surface area (Å²) in [5.41, 5.74) is 8.25. The number of nitrogen functional groups attached to an aromatic ring is 1. The summed E-state index contributed by atoms with van der Waals surface area (Å²) in [6.07, 6.45) is 2.61. The Balaban J connectivity index is 1.94. The van der Waals surface area contributed by atoms with Crippen molar-refractivity contribution in [3.05, 3.63) is 40.4 Å². The number of hydrogen-bond donors (Lipinski definition) is 1. The molecule has 2 aromatic heterocycles. The van der Waals surface area contributed by atoms with Crippen molar-refractivity contribution >= 4 is 32.9 Å². The van der Waals surface area contributed by atoms with Gasteiger partial charge in [-0.15, -0.1) is 0 Å². The Labute approximate surface area is 123 Å². The van der Waals surface area contributed by atoms with E-state index in [4.69, 9.17) is 5.73 Å². The average Bonchev–Trinajstić information content (AvgIpc) is 2.92. The normalized spacial score (nSPS) is 11.3. The summed E-state index contributed by atoms with van der Waals surface area (Å²) in [7, 11) is 1.87. The van der Waals surface area contributed by atoms with E-state index in [2.05, 4.69) is 26.0 Å². The van der Waals surface area contributed by atoms with Crippen LogP contribution in [0.25, 0.3) is 11.0 Å². The summed E-state index contributed by atoms with van der Waals surface area (Å²) < 4.78 is 17.6. The molecule has 0 aliphatic heterocycles. The lowest BCUT2D eigenvalue weighted by atomic mass is 10.3. The van der Waals surface area contributed by atoms with Crippen LogP contribution >= 0.6 is 15.9 Å². The van der Waals surface area contributed by atoms with E-state index in [1.807, 2.05) is 19.3 Å². The molecule has 3 rings (SSSR count). The van der Waals surface area contributed by atoms with Crippen molar-refractivity contribution < 1.29 is 4.39 Å². The molecule has 0 fully saturated rings. The van der Waals surface area contributed by atoms with Gasteiger partial charge in [-0.3, -0.25) is 4.68 Å². The topological polar surface area (TPSA) is 61.7 Å². The summed E-state index contributed by atoms with van der Waals surface area (Å²) >= 11 is 3.15. The number of aromatic nitrogens is 4. The third-order valence-corrected chi connectivity index (χ3v) is 3.79. The van der Waals surface area contributed by atoms with E-state index < -0.39 is 0 Å². The fourth-order valence-corrected chi connectivity index (χ4v) is 2.53. The molecule has 3 aromatic rings. The number of aryl methyl sites for hydroxylation is 3. The first-order chi connectivity index (χ1) is 9.54. The molecule has 2 N–H and O–H groups in total. The van der Waals surface area contributed by atoms with Gasteiger partial charge in [0.2, 0.25) is 5.95 Å². The molecule has 0 spiro atoms. The van der Waals surface area contributed by atoms with Crippen LogP contribution < -0.4 is 5.73 Å². The lowest BCUT2D eigenvalue weighted by Gasteiger charge is -2.05. The van der Waals surface area contributed by atoms with Crippen molar-refractivity contribution in [3.63, 3.8) is 0 Å². The van der Waals surface area contributed by atoms with Crippen LogP contribution in [0.5, 0.6) is 0 Å². The van der Waals surface area contributed by atoms with Gasteiger partial charge in [-0.25, -0.2) is 9.37 Å². The van der Waals surface area contributed by atoms with Crippen LogP contribution in [0.4, 0.5) is 10.3 Å². The Morgan fingerprint density at radius 2 is 2.20 bits per heavy atom. The van der Waals surface area contributed by atoms with Crippen molar-refractivity contribution in [2.24, 2.45) is 7.05 Å². The number of nitrogens with zero attached hydrogens (tertiary/aromatic N) is 4. The summed E-state index contributed by atoms with van der Waals surface area (Å²) in [6, 6.07) is 5.03. The van der Waals surface area contributed by atoms with Crippen LogP contribution in [-0.4, -0.2) is 19.3 Å². The van der Waals surface area contributed by atoms with Gasteiger partial charge in [0, 0.05) is 32.3 Å². The van der Waals surface area contributed by atoms with E-state index in [1.54, 1.807) is 15.3 Å².